The van der Waals surface area contributed by atoms with Crippen molar-refractivity contribution in [2.75, 3.05) is 26.3 Å². The SMILES string of the molecule is C=NN(/C=C(\N)c1cc(C(C)C)c(OC)cc1OC)c1ccccc1OC. The summed E-state index contributed by atoms with van der Waals surface area (Å²) in [5.41, 5.74) is 9.42. The molecular weight excluding hydrogens is 342 g/mol. The second-order valence-electron chi connectivity index (χ2n) is 6.19. The number of methoxy groups -OCH3 is 3. The molecule has 0 aromatic heterocycles. The van der Waals surface area contributed by atoms with Crippen molar-refractivity contribution in [2.24, 2.45) is 10.8 Å². The van der Waals surface area contributed by atoms with Gasteiger partial charge < -0.3 is 19.9 Å². The minimum atomic E-state index is 0.264. The highest BCUT2D eigenvalue weighted by atomic mass is 16.5. The molecule has 0 bridgehead atoms. The third kappa shape index (κ3) is 4.34. The van der Waals surface area contributed by atoms with Gasteiger partial charge in [0.15, 0.2) is 0 Å². The Labute approximate surface area is 160 Å². The molecule has 2 aromatic rings. The number of hydrogen-bond acceptors (Lipinski definition) is 6. The Bertz CT molecular complexity index is 831. The minimum absolute atomic E-state index is 0.264. The maximum atomic E-state index is 6.41. The van der Waals surface area contributed by atoms with E-state index < -0.39 is 0 Å². The fourth-order valence-corrected chi connectivity index (χ4v) is 2.81. The van der Waals surface area contributed by atoms with Crippen molar-refractivity contribution in [3.8, 4) is 17.2 Å². The van der Waals surface area contributed by atoms with E-state index >= 15 is 0 Å². The summed E-state index contributed by atoms with van der Waals surface area (Å²) in [6.07, 6.45) is 1.69. The number of nitrogens with zero attached hydrogens (tertiary/aromatic N) is 2. The van der Waals surface area contributed by atoms with Crippen molar-refractivity contribution in [3.63, 3.8) is 0 Å². The van der Waals surface area contributed by atoms with Gasteiger partial charge in [0.25, 0.3) is 0 Å². The molecule has 0 amide bonds. The summed E-state index contributed by atoms with van der Waals surface area (Å²) < 4.78 is 16.4. The Morgan fingerprint density at radius 3 is 2.22 bits per heavy atom. The molecule has 0 radical (unpaired) electrons. The van der Waals surface area contributed by atoms with Crippen LogP contribution in [0, 0.1) is 0 Å². The average Bonchev–Trinajstić information content (AvgIpc) is 2.70. The van der Waals surface area contributed by atoms with Crippen molar-refractivity contribution < 1.29 is 14.2 Å². The predicted octanol–water partition coefficient (Wildman–Crippen LogP) is 4.22. The van der Waals surface area contributed by atoms with Gasteiger partial charge in [-0.05, 0) is 29.7 Å². The fraction of sp³-hybridized carbons (Fsp3) is 0.286. The number of ether oxygens (including phenoxy) is 3. The molecule has 0 spiro atoms. The summed E-state index contributed by atoms with van der Waals surface area (Å²) in [6, 6.07) is 11.3. The van der Waals surface area contributed by atoms with E-state index in [0.29, 0.717) is 17.2 Å². The van der Waals surface area contributed by atoms with Crippen LogP contribution in [0.2, 0.25) is 0 Å². The van der Waals surface area contributed by atoms with E-state index in [-0.39, 0.29) is 5.92 Å². The first-order valence-electron chi connectivity index (χ1n) is 8.59. The van der Waals surface area contributed by atoms with Gasteiger partial charge in [0.05, 0.1) is 33.2 Å². The first kappa shape index (κ1) is 20.2. The number of hydrazone groups is 1. The number of para-hydroxylation sites is 2. The molecule has 2 N–H and O–H groups in total. The van der Waals surface area contributed by atoms with Gasteiger partial charge >= 0.3 is 0 Å². The van der Waals surface area contributed by atoms with E-state index in [0.717, 1.165) is 22.6 Å². The molecule has 0 saturated carbocycles. The smallest absolute Gasteiger partial charge is 0.144 e. The Morgan fingerprint density at radius 1 is 1.04 bits per heavy atom. The average molecular weight is 369 g/mol. The molecule has 0 heterocycles. The zero-order chi connectivity index (χ0) is 20.0. The Kier molecular flexibility index (Phi) is 6.71. The first-order chi connectivity index (χ1) is 13.0. The van der Waals surface area contributed by atoms with Gasteiger partial charge in [-0.15, -0.1) is 0 Å². The Balaban J connectivity index is 2.55. The zero-order valence-corrected chi connectivity index (χ0v) is 16.5. The second-order valence-corrected chi connectivity index (χ2v) is 6.19. The molecule has 0 aliphatic heterocycles. The third-order valence-corrected chi connectivity index (χ3v) is 4.23. The number of nitrogens with two attached hydrogens (primary N) is 1. The van der Waals surface area contributed by atoms with Crippen molar-refractivity contribution in [3.05, 3.63) is 53.7 Å². The summed E-state index contributed by atoms with van der Waals surface area (Å²) in [4.78, 5) is 0. The van der Waals surface area contributed by atoms with Crippen LogP contribution in [0.15, 0.2) is 47.7 Å². The van der Waals surface area contributed by atoms with Crippen LogP contribution in [0.4, 0.5) is 5.69 Å². The van der Waals surface area contributed by atoms with Gasteiger partial charge in [-0.3, -0.25) is 0 Å². The number of hydrogen-bond donors (Lipinski definition) is 1. The number of anilines is 1. The third-order valence-electron chi connectivity index (χ3n) is 4.23. The van der Waals surface area contributed by atoms with Gasteiger partial charge in [-0.2, -0.15) is 5.10 Å². The zero-order valence-electron chi connectivity index (χ0n) is 16.5. The molecule has 144 valence electrons. The maximum Gasteiger partial charge on any atom is 0.144 e. The first-order valence-corrected chi connectivity index (χ1v) is 8.59. The molecule has 0 atom stereocenters. The number of rotatable bonds is 8. The van der Waals surface area contributed by atoms with Gasteiger partial charge in [0.1, 0.15) is 22.9 Å². The van der Waals surface area contributed by atoms with E-state index in [1.165, 1.54) is 0 Å². The highest BCUT2D eigenvalue weighted by Gasteiger charge is 2.17. The van der Waals surface area contributed by atoms with E-state index in [1.54, 1.807) is 32.5 Å². The molecule has 0 fully saturated rings. The quantitative estimate of drug-likeness (QED) is 0.557. The lowest BCUT2D eigenvalue weighted by Crippen LogP contribution is -2.12. The summed E-state index contributed by atoms with van der Waals surface area (Å²) in [5.74, 6) is 2.31. The minimum Gasteiger partial charge on any atom is -0.496 e. The fourth-order valence-electron chi connectivity index (χ4n) is 2.81. The van der Waals surface area contributed by atoms with Crippen LogP contribution in [0.3, 0.4) is 0 Å². The maximum absolute atomic E-state index is 6.41. The van der Waals surface area contributed by atoms with Crippen LogP contribution in [-0.4, -0.2) is 28.0 Å². The summed E-state index contributed by atoms with van der Waals surface area (Å²) >= 11 is 0. The normalized spacial score (nSPS) is 11.3. The molecule has 6 heteroatoms. The van der Waals surface area contributed by atoms with Crippen LogP contribution in [0.25, 0.3) is 5.70 Å². The van der Waals surface area contributed by atoms with E-state index in [9.17, 15) is 0 Å². The number of benzene rings is 2. The summed E-state index contributed by atoms with van der Waals surface area (Å²) in [5, 5.41) is 5.64. The van der Waals surface area contributed by atoms with Crippen LogP contribution < -0.4 is 25.0 Å². The van der Waals surface area contributed by atoms with Crippen molar-refractivity contribution in [1.29, 1.82) is 0 Å². The molecule has 0 aliphatic rings. The van der Waals surface area contributed by atoms with Gasteiger partial charge in [-0.1, -0.05) is 26.0 Å². The highest BCUT2D eigenvalue weighted by molar-refractivity contribution is 5.74. The molecule has 27 heavy (non-hydrogen) atoms. The van der Waals surface area contributed by atoms with E-state index in [1.807, 2.05) is 36.4 Å². The van der Waals surface area contributed by atoms with Crippen LogP contribution >= 0.6 is 0 Å². The highest BCUT2D eigenvalue weighted by Crippen LogP contribution is 2.36. The standard InChI is InChI=1S/C21H27N3O3/c1-14(2)15-11-16(21(27-6)12-20(15)26-5)17(22)13-24(23-3)18-9-7-8-10-19(18)25-4/h7-14H,3,22H2,1-2,4-6H3/b17-13-. The molecule has 0 saturated heterocycles. The molecule has 2 aromatic carbocycles. The molecular formula is C21H27N3O3. The second kappa shape index (κ2) is 8.98. The lowest BCUT2D eigenvalue weighted by Gasteiger charge is -2.20. The van der Waals surface area contributed by atoms with Crippen LogP contribution in [0.5, 0.6) is 17.2 Å². The van der Waals surface area contributed by atoms with Crippen molar-refractivity contribution in [2.45, 2.75) is 19.8 Å². The van der Waals surface area contributed by atoms with E-state index in [4.69, 9.17) is 19.9 Å². The molecule has 0 unspecified atom stereocenters. The van der Waals surface area contributed by atoms with Crippen molar-refractivity contribution in [1.82, 2.24) is 0 Å². The summed E-state index contributed by atoms with van der Waals surface area (Å²) in [7, 11) is 4.85. The van der Waals surface area contributed by atoms with E-state index in [2.05, 4.69) is 25.7 Å². The molecule has 6 nitrogen and oxygen atoms in total. The monoisotopic (exact) mass is 369 g/mol. The van der Waals surface area contributed by atoms with Crippen LogP contribution in [-0.2, 0) is 0 Å². The molecule has 0 aliphatic carbocycles. The predicted molar refractivity (Wildman–Crippen MR) is 111 cm³/mol. The lowest BCUT2D eigenvalue weighted by atomic mass is 9.97. The van der Waals surface area contributed by atoms with Gasteiger partial charge in [0.2, 0.25) is 0 Å². The summed E-state index contributed by atoms with van der Waals surface area (Å²) in [6.45, 7) is 7.84. The molecule has 2 rings (SSSR count). The van der Waals surface area contributed by atoms with Crippen molar-refractivity contribution >= 4 is 18.1 Å². The topological polar surface area (TPSA) is 69.3 Å². The van der Waals surface area contributed by atoms with Gasteiger partial charge in [0, 0.05) is 18.3 Å². The largest absolute Gasteiger partial charge is 0.496 e. The van der Waals surface area contributed by atoms with Crippen LogP contribution in [0.1, 0.15) is 30.9 Å². The Hall–Kier alpha value is -3.15. The lowest BCUT2D eigenvalue weighted by molar-refractivity contribution is 0.389. The van der Waals surface area contributed by atoms with Gasteiger partial charge in [-0.25, -0.2) is 5.01 Å². The Morgan fingerprint density at radius 2 is 1.67 bits per heavy atom.